The quantitative estimate of drug-likeness (QED) is 0.331. The van der Waals surface area contributed by atoms with Crippen molar-refractivity contribution in [1.29, 1.82) is 0 Å². The fraction of sp³-hybridized carbons (Fsp3) is 0.294. The van der Waals surface area contributed by atoms with Gasteiger partial charge in [0, 0.05) is 5.28 Å². The second kappa shape index (κ2) is 9.50. The van der Waals surface area contributed by atoms with Gasteiger partial charge < -0.3 is 9.57 Å². The van der Waals surface area contributed by atoms with Gasteiger partial charge in [0.1, 0.15) is 19.0 Å². The van der Waals surface area contributed by atoms with Crippen LogP contribution >= 0.6 is 0 Å². The van der Waals surface area contributed by atoms with Crippen molar-refractivity contribution < 1.29 is 22.7 Å². The second-order valence-corrected chi connectivity index (χ2v) is 4.93. The van der Waals surface area contributed by atoms with Crippen LogP contribution in [0.3, 0.4) is 0 Å². The Morgan fingerprint density at radius 2 is 1.69 bits per heavy atom. The minimum absolute atomic E-state index is 0.0649. The molecule has 0 fully saturated rings. The number of hydrogen-bond acceptors (Lipinski definition) is 6. The van der Waals surface area contributed by atoms with Gasteiger partial charge in [0.05, 0.1) is 23.5 Å². The topological polar surface area (TPSA) is 67.9 Å². The van der Waals surface area contributed by atoms with Crippen molar-refractivity contribution in [3.63, 3.8) is 0 Å². The number of hydrogen-bond donors (Lipinski definition) is 0. The van der Waals surface area contributed by atoms with Crippen molar-refractivity contribution >= 4 is 11.4 Å². The van der Waals surface area contributed by atoms with Crippen LogP contribution in [0.25, 0.3) is 0 Å². The lowest BCUT2D eigenvalue weighted by Gasteiger charge is -2.13. The first-order valence-electron chi connectivity index (χ1n) is 7.80. The Morgan fingerprint density at radius 3 is 2.38 bits per heavy atom. The Bertz CT molecular complexity index is 749. The highest BCUT2D eigenvalue weighted by Crippen LogP contribution is 2.38. The normalized spacial score (nSPS) is 12.0. The molecule has 0 bridgehead atoms. The van der Waals surface area contributed by atoms with E-state index in [1.54, 1.807) is 37.3 Å². The van der Waals surface area contributed by atoms with E-state index in [1.807, 2.05) is 0 Å². The van der Waals surface area contributed by atoms with Crippen molar-refractivity contribution in [2.45, 2.75) is 13.1 Å². The lowest BCUT2D eigenvalue weighted by molar-refractivity contribution is -0.138. The first-order chi connectivity index (χ1) is 12.5. The number of ether oxygens (including phenoxy) is 1. The molecule has 0 atom stereocenters. The molecule has 138 valence electrons. The molecule has 6 nitrogen and oxygen atoms in total. The summed E-state index contributed by atoms with van der Waals surface area (Å²) in [6, 6.07) is 12.2. The Balaban J connectivity index is 2.10. The zero-order chi connectivity index (χ0) is 18.8. The summed E-state index contributed by atoms with van der Waals surface area (Å²) >= 11 is 0. The Morgan fingerprint density at radius 1 is 0.962 bits per heavy atom. The number of benzene rings is 2. The third kappa shape index (κ3) is 6.15. The SMILES string of the molecule is CCON=NCCOc1ccc(N=Nc2ccccc2)cc1C(F)(F)F. The van der Waals surface area contributed by atoms with Crippen molar-refractivity contribution in [2.75, 3.05) is 19.8 Å². The highest BCUT2D eigenvalue weighted by Gasteiger charge is 2.34. The van der Waals surface area contributed by atoms with Crippen LogP contribution in [0.2, 0.25) is 0 Å². The van der Waals surface area contributed by atoms with Gasteiger partial charge in [-0.15, -0.1) is 0 Å². The van der Waals surface area contributed by atoms with Crippen molar-refractivity contribution in [1.82, 2.24) is 0 Å². The van der Waals surface area contributed by atoms with E-state index in [4.69, 9.17) is 4.74 Å². The summed E-state index contributed by atoms with van der Waals surface area (Å²) in [5.74, 6) is -0.303. The van der Waals surface area contributed by atoms with Crippen LogP contribution in [0.15, 0.2) is 69.2 Å². The molecular weight excluding hydrogens is 349 g/mol. The van der Waals surface area contributed by atoms with Crippen molar-refractivity contribution in [2.24, 2.45) is 20.6 Å². The molecule has 0 spiro atoms. The number of nitrogens with zero attached hydrogens (tertiary/aromatic N) is 4. The monoisotopic (exact) mass is 366 g/mol. The molecule has 2 aromatic rings. The maximum Gasteiger partial charge on any atom is 0.420 e. The zero-order valence-corrected chi connectivity index (χ0v) is 14.0. The molecule has 2 rings (SSSR count). The summed E-state index contributed by atoms with van der Waals surface area (Å²) in [7, 11) is 0. The van der Waals surface area contributed by atoms with Crippen LogP contribution < -0.4 is 4.74 Å². The van der Waals surface area contributed by atoms with Gasteiger partial charge in [-0.2, -0.15) is 28.5 Å². The first kappa shape index (κ1) is 19.4. The van der Waals surface area contributed by atoms with E-state index in [1.165, 1.54) is 12.1 Å². The Hall–Kier alpha value is -2.97. The number of alkyl halides is 3. The average Bonchev–Trinajstić information content (AvgIpc) is 2.63. The van der Waals surface area contributed by atoms with Gasteiger partial charge in [-0.3, -0.25) is 0 Å². The van der Waals surface area contributed by atoms with Gasteiger partial charge in [-0.05, 0) is 37.3 Å². The van der Waals surface area contributed by atoms with Crippen LogP contribution in [0.5, 0.6) is 5.75 Å². The summed E-state index contributed by atoms with van der Waals surface area (Å²) < 4.78 is 44.9. The van der Waals surface area contributed by atoms with Crippen molar-refractivity contribution in [3.05, 3.63) is 54.1 Å². The van der Waals surface area contributed by atoms with Crippen LogP contribution in [0.1, 0.15) is 12.5 Å². The predicted octanol–water partition coefficient (Wildman–Crippen LogP) is 5.90. The summed E-state index contributed by atoms with van der Waals surface area (Å²) in [6.45, 7) is 2.11. The van der Waals surface area contributed by atoms with Gasteiger partial charge in [0.2, 0.25) is 0 Å². The average molecular weight is 366 g/mol. The van der Waals surface area contributed by atoms with Gasteiger partial charge in [-0.1, -0.05) is 18.2 Å². The zero-order valence-electron chi connectivity index (χ0n) is 14.0. The van der Waals surface area contributed by atoms with Crippen LogP contribution in [0, 0.1) is 0 Å². The van der Waals surface area contributed by atoms with E-state index in [0.29, 0.717) is 12.3 Å². The molecule has 26 heavy (non-hydrogen) atoms. The summed E-state index contributed by atoms with van der Waals surface area (Å²) in [6.07, 6.45) is -4.58. The highest BCUT2D eigenvalue weighted by atomic mass is 19.4. The van der Waals surface area contributed by atoms with E-state index in [9.17, 15) is 13.2 Å². The molecule has 0 saturated carbocycles. The second-order valence-electron chi connectivity index (χ2n) is 4.93. The molecule has 0 aliphatic rings. The Labute approximate surface area is 148 Å². The van der Waals surface area contributed by atoms with E-state index >= 15 is 0 Å². The molecule has 0 heterocycles. The molecular formula is C17H17F3N4O2. The van der Waals surface area contributed by atoms with Gasteiger partial charge in [0.15, 0.2) is 0 Å². The largest absolute Gasteiger partial charge is 0.491 e. The molecule has 0 N–H and O–H groups in total. The van der Waals surface area contributed by atoms with E-state index in [0.717, 1.165) is 6.07 Å². The number of azo groups is 1. The van der Waals surface area contributed by atoms with Crippen LogP contribution in [0.4, 0.5) is 24.5 Å². The fourth-order valence-corrected chi connectivity index (χ4v) is 1.87. The van der Waals surface area contributed by atoms with Gasteiger partial charge in [0.25, 0.3) is 0 Å². The summed E-state index contributed by atoms with van der Waals surface area (Å²) in [5.41, 5.74) is -0.311. The maximum atomic E-state index is 13.3. The fourth-order valence-electron chi connectivity index (χ4n) is 1.87. The molecule has 0 unspecified atom stereocenters. The van der Waals surface area contributed by atoms with Gasteiger partial charge >= 0.3 is 6.18 Å². The number of halogens is 3. The lowest BCUT2D eigenvalue weighted by atomic mass is 10.1. The predicted molar refractivity (Wildman–Crippen MR) is 88.9 cm³/mol. The minimum Gasteiger partial charge on any atom is -0.491 e. The highest BCUT2D eigenvalue weighted by molar-refractivity contribution is 5.49. The van der Waals surface area contributed by atoms with Gasteiger partial charge in [-0.25, -0.2) is 0 Å². The van der Waals surface area contributed by atoms with E-state index in [-0.39, 0.29) is 24.6 Å². The van der Waals surface area contributed by atoms with Crippen molar-refractivity contribution in [3.8, 4) is 5.75 Å². The molecule has 9 heteroatoms. The molecule has 0 aliphatic heterocycles. The van der Waals surface area contributed by atoms with Crippen LogP contribution in [-0.4, -0.2) is 19.8 Å². The summed E-state index contributed by atoms with van der Waals surface area (Å²) in [5, 5.41) is 14.7. The third-order valence-electron chi connectivity index (χ3n) is 3.00. The minimum atomic E-state index is -4.58. The lowest BCUT2D eigenvalue weighted by Crippen LogP contribution is -2.10. The van der Waals surface area contributed by atoms with Crippen LogP contribution in [-0.2, 0) is 11.0 Å². The number of rotatable bonds is 8. The molecule has 0 radical (unpaired) electrons. The molecule has 0 aliphatic carbocycles. The molecule has 0 saturated heterocycles. The summed E-state index contributed by atoms with van der Waals surface area (Å²) in [4.78, 5) is 4.64. The molecule has 0 aromatic heterocycles. The maximum absolute atomic E-state index is 13.3. The van der Waals surface area contributed by atoms with E-state index in [2.05, 4.69) is 25.5 Å². The Kier molecular flexibility index (Phi) is 7.07. The molecule has 0 amide bonds. The van der Waals surface area contributed by atoms with E-state index < -0.39 is 11.7 Å². The molecule has 2 aromatic carbocycles. The standard InChI is InChI=1S/C17H17F3N4O2/c1-2-26-24-21-10-11-25-16-9-8-14(12-15(16)17(18,19)20)23-22-13-6-4-3-5-7-13/h3-9,12H,2,10-11H2,1H3. The first-order valence-corrected chi connectivity index (χ1v) is 7.80. The smallest absolute Gasteiger partial charge is 0.420 e. The third-order valence-corrected chi connectivity index (χ3v) is 3.00.